The summed E-state index contributed by atoms with van der Waals surface area (Å²) in [5, 5.41) is 13.1. The van der Waals surface area contributed by atoms with Crippen LogP contribution < -0.4 is 11.3 Å². The molecule has 0 aliphatic carbocycles. The second kappa shape index (κ2) is 5.77. The Kier molecular flexibility index (Phi) is 4.23. The molecule has 5 heteroatoms. The maximum atomic E-state index is 12.7. The van der Waals surface area contributed by atoms with E-state index < -0.39 is 0 Å². The Balaban J connectivity index is 2.62. The van der Waals surface area contributed by atoms with Crippen LogP contribution in [0.5, 0.6) is 5.75 Å². The molecule has 0 aliphatic heterocycles. The van der Waals surface area contributed by atoms with E-state index in [0.29, 0.717) is 18.7 Å². The van der Waals surface area contributed by atoms with Crippen LogP contribution in [-0.4, -0.2) is 21.4 Å². The van der Waals surface area contributed by atoms with E-state index in [-0.39, 0.29) is 16.7 Å². The van der Waals surface area contributed by atoms with Gasteiger partial charge in [0.25, 0.3) is 5.56 Å². The Morgan fingerprint density at radius 1 is 1.29 bits per heavy atom. The van der Waals surface area contributed by atoms with E-state index >= 15 is 0 Å². The van der Waals surface area contributed by atoms with Gasteiger partial charge in [0, 0.05) is 16.7 Å². The molecule has 1 heterocycles. The Bertz CT molecular complexity index is 678. The van der Waals surface area contributed by atoms with Crippen molar-refractivity contribution >= 4 is 0 Å². The lowest BCUT2D eigenvalue weighted by atomic mass is 9.88. The molecule has 0 atom stereocenters. The van der Waals surface area contributed by atoms with Crippen LogP contribution in [0.3, 0.4) is 0 Å². The highest BCUT2D eigenvalue weighted by Crippen LogP contribution is 2.26. The molecule has 0 radical (unpaired) electrons. The predicted molar refractivity (Wildman–Crippen MR) is 84.1 cm³/mol. The van der Waals surface area contributed by atoms with Crippen molar-refractivity contribution in [1.82, 2.24) is 9.78 Å². The molecule has 0 fully saturated rings. The molecule has 0 bridgehead atoms. The maximum Gasteiger partial charge on any atom is 0.274 e. The number of aromatic hydroxyl groups is 1. The Morgan fingerprint density at radius 2 is 1.95 bits per heavy atom. The van der Waals surface area contributed by atoms with E-state index in [1.807, 2.05) is 0 Å². The van der Waals surface area contributed by atoms with Gasteiger partial charge in [-0.25, -0.2) is 4.68 Å². The number of rotatable bonds is 4. The van der Waals surface area contributed by atoms with E-state index in [1.165, 1.54) is 4.68 Å². The van der Waals surface area contributed by atoms with E-state index in [1.54, 1.807) is 24.3 Å². The molecular weight excluding hydrogens is 266 g/mol. The van der Waals surface area contributed by atoms with Crippen LogP contribution in [0.4, 0.5) is 0 Å². The van der Waals surface area contributed by atoms with Gasteiger partial charge >= 0.3 is 0 Å². The molecule has 114 valence electrons. The predicted octanol–water partition coefficient (Wildman–Crippen LogP) is 2.06. The molecule has 0 unspecified atom stereocenters. The number of aromatic nitrogens is 2. The van der Waals surface area contributed by atoms with E-state index in [4.69, 9.17) is 5.73 Å². The molecule has 21 heavy (non-hydrogen) atoms. The summed E-state index contributed by atoms with van der Waals surface area (Å²) in [6.07, 6.45) is 1.40. The van der Waals surface area contributed by atoms with Gasteiger partial charge in [0.2, 0.25) is 0 Å². The molecule has 2 aromatic rings. The third kappa shape index (κ3) is 3.03. The third-order valence-corrected chi connectivity index (χ3v) is 3.49. The summed E-state index contributed by atoms with van der Waals surface area (Å²) in [5.74, 6) is 0.0756. The number of H-pyrrole nitrogens is 1. The molecule has 4 N–H and O–H groups in total. The summed E-state index contributed by atoms with van der Waals surface area (Å²) >= 11 is 0. The van der Waals surface area contributed by atoms with Gasteiger partial charge in [-0.1, -0.05) is 32.9 Å². The normalized spacial score (nSPS) is 11.8. The first-order valence-electron chi connectivity index (χ1n) is 7.19. The lowest BCUT2D eigenvalue weighted by Gasteiger charge is -2.18. The minimum Gasteiger partial charge on any atom is -0.506 e. The number of hydrogen-bond donors (Lipinski definition) is 3. The molecule has 0 saturated heterocycles. The average Bonchev–Trinajstić information content (AvgIpc) is 2.74. The molecule has 1 aromatic carbocycles. The number of benzene rings is 1. The van der Waals surface area contributed by atoms with Crippen molar-refractivity contribution in [3.63, 3.8) is 0 Å². The van der Waals surface area contributed by atoms with Crippen LogP contribution in [0.2, 0.25) is 0 Å². The summed E-state index contributed by atoms with van der Waals surface area (Å²) in [6.45, 7) is 6.71. The highest BCUT2D eigenvalue weighted by molar-refractivity contribution is 5.45. The molecule has 1 aromatic heterocycles. The molecule has 0 spiro atoms. The lowest BCUT2D eigenvalue weighted by Crippen LogP contribution is -2.19. The van der Waals surface area contributed by atoms with Crippen molar-refractivity contribution in [2.75, 3.05) is 6.54 Å². The first kappa shape index (κ1) is 15.4. The van der Waals surface area contributed by atoms with Crippen molar-refractivity contribution in [2.24, 2.45) is 5.73 Å². The zero-order valence-corrected chi connectivity index (χ0v) is 12.8. The SMILES string of the molecule is CC(C)(C)c1[nH]n(-c2ccccc2O)c(=O)c1CCCN. The van der Waals surface area contributed by atoms with Gasteiger partial charge in [0.1, 0.15) is 11.4 Å². The average molecular weight is 289 g/mol. The number of para-hydroxylation sites is 2. The van der Waals surface area contributed by atoms with Crippen LogP contribution in [0.25, 0.3) is 5.69 Å². The van der Waals surface area contributed by atoms with Gasteiger partial charge in [-0.05, 0) is 31.5 Å². The second-order valence-electron chi connectivity index (χ2n) is 6.24. The molecule has 2 rings (SSSR count). The van der Waals surface area contributed by atoms with Crippen molar-refractivity contribution in [3.8, 4) is 11.4 Å². The van der Waals surface area contributed by atoms with Crippen LogP contribution in [0.1, 0.15) is 38.4 Å². The summed E-state index contributed by atoms with van der Waals surface area (Å²) in [5.41, 5.74) is 7.37. The fraction of sp³-hybridized carbons (Fsp3) is 0.438. The van der Waals surface area contributed by atoms with Crippen molar-refractivity contribution < 1.29 is 5.11 Å². The standard InChI is InChI=1S/C16H23N3O2/c1-16(2,3)14-11(7-6-10-17)15(21)19(18-14)12-8-4-5-9-13(12)20/h4-5,8-9,18,20H,6-7,10,17H2,1-3H3. The van der Waals surface area contributed by atoms with Crippen LogP contribution in [0.15, 0.2) is 29.1 Å². The summed E-state index contributed by atoms with van der Waals surface area (Å²) < 4.78 is 1.42. The lowest BCUT2D eigenvalue weighted by molar-refractivity contribution is 0.468. The smallest absolute Gasteiger partial charge is 0.274 e. The van der Waals surface area contributed by atoms with Crippen molar-refractivity contribution in [3.05, 3.63) is 45.9 Å². The van der Waals surface area contributed by atoms with Crippen LogP contribution in [0, 0.1) is 0 Å². The minimum atomic E-state index is -0.182. The zero-order chi connectivity index (χ0) is 15.6. The van der Waals surface area contributed by atoms with Crippen LogP contribution >= 0.6 is 0 Å². The first-order chi connectivity index (χ1) is 9.86. The van der Waals surface area contributed by atoms with Gasteiger partial charge in [-0.15, -0.1) is 0 Å². The largest absolute Gasteiger partial charge is 0.506 e. The molecule has 0 saturated carbocycles. The van der Waals surface area contributed by atoms with E-state index in [9.17, 15) is 9.90 Å². The zero-order valence-electron chi connectivity index (χ0n) is 12.8. The minimum absolute atomic E-state index is 0.0756. The number of hydrogen-bond acceptors (Lipinski definition) is 3. The first-order valence-corrected chi connectivity index (χ1v) is 7.19. The molecular formula is C16H23N3O2. The number of nitrogens with zero attached hydrogens (tertiary/aromatic N) is 1. The Hall–Kier alpha value is -2.01. The van der Waals surface area contributed by atoms with Gasteiger partial charge in [-0.2, -0.15) is 0 Å². The van der Waals surface area contributed by atoms with Gasteiger partial charge < -0.3 is 10.8 Å². The Labute approximate surface area is 124 Å². The summed E-state index contributed by atoms with van der Waals surface area (Å²) in [6, 6.07) is 6.80. The number of nitrogens with two attached hydrogens (primary N) is 1. The maximum absolute atomic E-state index is 12.7. The highest BCUT2D eigenvalue weighted by Gasteiger charge is 2.25. The van der Waals surface area contributed by atoms with Gasteiger partial charge in [-0.3, -0.25) is 9.89 Å². The third-order valence-electron chi connectivity index (χ3n) is 3.49. The number of phenols is 1. The molecule has 0 amide bonds. The van der Waals surface area contributed by atoms with Crippen molar-refractivity contribution in [1.29, 1.82) is 0 Å². The van der Waals surface area contributed by atoms with E-state index in [2.05, 4.69) is 25.9 Å². The summed E-state index contributed by atoms with van der Waals surface area (Å²) in [7, 11) is 0. The second-order valence-corrected chi connectivity index (χ2v) is 6.24. The quantitative estimate of drug-likeness (QED) is 0.805. The fourth-order valence-electron chi connectivity index (χ4n) is 2.43. The monoisotopic (exact) mass is 289 g/mol. The number of nitrogens with one attached hydrogen (secondary N) is 1. The molecule has 5 nitrogen and oxygen atoms in total. The number of phenolic OH excluding ortho intramolecular Hbond substituents is 1. The molecule has 0 aliphatic rings. The highest BCUT2D eigenvalue weighted by atomic mass is 16.3. The number of aromatic amines is 1. The fourth-order valence-corrected chi connectivity index (χ4v) is 2.43. The van der Waals surface area contributed by atoms with Gasteiger partial charge in [0.05, 0.1) is 0 Å². The summed E-state index contributed by atoms with van der Waals surface area (Å²) in [4.78, 5) is 12.7. The topological polar surface area (TPSA) is 84.0 Å². The Morgan fingerprint density at radius 3 is 2.52 bits per heavy atom. The van der Waals surface area contributed by atoms with E-state index in [0.717, 1.165) is 17.7 Å². The van der Waals surface area contributed by atoms with Gasteiger partial charge in [0.15, 0.2) is 0 Å². The van der Waals surface area contributed by atoms with Crippen LogP contribution in [-0.2, 0) is 11.8 Å². The van der Waals surface area contributed by atoms with Crippen molar-refractivity contribution in [2.45, 2.75) is 39.0 Å².